The highest BCUT2D eigenvalue weighted by Crippen LogP contribution is 2.24. The van der Waals surface area contributed by atoms with Gasteiger partial charge in [-0.3, -0.25) is 9.78 Å². The number of benzene rings is 2. The molecule has 4 aromatic rings. The maximum Gasteiger partial charge on any atom is 0.274 e. The zero-order valence-corrected chi connectivity index (χ0v) is 19.5. The smallest absolute Gasteiger partial charge is 0.274 e. The second-order valence-corrected chi connectivity index (χ2v) is 8.82. The fourth-order valence-electron chi connectivity index (χ4n) is 3.05. The number of ether oxygens (including phenoxy) is 1. The van der Waals surface area contributed by atoms with Crippen LogP contribution < -0.4 is 15.6 Å². The first kappa shape index (κ1) is 22.9. The van der Waals surface area contributed by atoms with Crippen LogP contribution in [0.5, 0.6) is 11.5 Å². The predicted octanol–water partition coefficient (Wildman–Crippen LogP) is 4.58. The van der Waals surface area contributed by atoms with E-state index in [9.17, 15) is 4.79 Å². The molecule has 0 amide bonds. The number of imidazole rings is 1. The third-order valence-electron chi connectivity index (χ3n) is 4.80. The highest BCUT2D eigenvalue weighted by Gasteiger charge is 2.08. The maximum absolute atomic E-state index is 12.5. The lowest BCUT2D eigenvalue weighted by Gasteiger charge is -2.08. The van der Waals surface area contributed by atoms with Crippen molar-refractivity contribution in [2.24, 2.45) is 0 Å². The van der Waals surface area contributed by atoms with Crippen LogP contribution in [0.2, 0.25) is 5.02 Å². The number of anilines is 1. The molecular weight excluding hydrogens is 460 g/mol. The summed E-state index contributed by atoms with van der Waals surface area (Å²) >= 11 is 7.66. The van der Waals surface area contributed by atoms with Crippen molar-refractivity contribution < 1.29 is 4.74 Å². The van der Waals surface area contributed by atoms with Crippen LogP contribution in [0, 0.1) is 6.92 Å². The van der Waals surface area contributed by atoms with Crippen LogP contribution >= 0.6 is 23.4 Å². The summed E-state index contributed by atoms with van der Waals surface area (Å²) in [5.74, 6) is 3.39. The lowest BCUT2D eigenvalue weighted by atomic mass is 10.1. The molecule has 0 atom stereocenters. The minimum absolute atomic E-state index is 0.267. The van der Waals surface area contributed by atoms with E-state index in [0.29, 0.717) is 41.1 Å². The van der Waals surface area contributed by atoms with E-state index in [-0.39, 0.29) is 5.56 Å². The Labute approximate surface area is 200 Å². The van der Waals surface area contributed by atoms with E-state index in [4.69, 9.17) is 16.3 Å². The molecule has 2 aromatic heterocycles. The quantitative estimate of drug-likeness (QED) is 0.284. The molecule has 0 spiro atoms. The van der Waals surface area contributed by atoms with E-state index in [1.54, 1.807) is 42.4 Å². The van der Waals surface area contributed by atoms with Gasteiger partial charge < -0.3 is 15.0 Å². The van der Waals surface area contributed by atoms with Crippen LogP contribution in [0.1, 0.15) is 22.6 Å². The average Bonchev–Trinajstić information content (AvgIpc) is 3.22. The Kier molecular flexibility index (Phi) is 7.64. The number of halogens is 1. The van der Waals surface area contributed by atoms with Gasteiger partial charge >= 0.3 is 0 Å². The van der Waals surface area contributed by atoms with Crippen LogP contribution in [0.3, 0.4) is 0 Å². The number of aromatic nitrogens is 5. The van der Waals surface area contributed by atoms with Gasteiger partial charge in [0.2, 0.25) is 5.95 Å². The fourth-order valence-corrected chi connectivity index (χ4v) is 4.05. The molecule has 0 saturated heterocycles. The van der Waals surface area contributed by atoms with Crippen molar-refractivity contribution in [3.05, 3.63) is 92.9 Å². The van der Waals surface area contributed by atoms with E-state index in [1.165, 1.54) is 0 Å². The number of nitrogens with one attached hydrogen (secondary N) is 3. The van der Waals surface area contributed by atoms with Gasteiger partial charge in [-0.15, -0.1) is 10.2 Å². The molecular formula is C23H23ClN6O2S. The highest BCUT2D eigenvalue weighted by molar-refractivity contribution is 7.98. The Morgan fingerprint density at radius 2 is 1.94 bits per heavy atom. The zero-order valence-electron chi connectivity index (χ0n) is 18.0. The molecule has 0 bridgehead atoms. The molecule has 3 N–H and O–H groups in total. The van der Waals surface area contributed by atoms with Crippen LogP contribution in [0.15, 0.2) is 59.7 Å². The van der Waals surface area contributed by atoms with Gasteiger partial charge in [0.25, 0.3) is 5.56 Å². The Hall–Kier alpha value is -3.30. The summed E-state index contributed by atoms with van der Waals surface area (Å²) in [6, 6.07) is 14.7. The number of aryl methyl sites for hydroxylation is 1. The summed E-state index contributed by atoms with van der Waals surface area (Å²) in [5, 5.41) is 12.0. The van der Waals surface area contributed by atoms with Crippen LogP contribution in [-0.4, -0.2) is 37.4 Å². The first-order valence-corrected chi connectivity index (χ1v) is 11.9. The summed E-state index contributed by atoms with van der Waals surface area (Å²) in [5.41, 5.74) is 3.11. The number of nitrogens with zero attached hydrogens (tertiary/aromatic N) is 3. The summed E-state index contributed by atoms with van der Waals surface area (Å²) in [6.07, 6.45) is 2.05. The second kappa shape index (κ2) is 11.0. The van der Waals surface area contributed by atoms with E-state index >= 15 is 0 Å². The van der Waals surface area contributed by atoms with Crippen LogP contribution in [-0.2, 0) is 12.2 Å². The van der Waals surface area contributed by atoms with Crippen molar-refractivity contribution in [2.45, 2.75) is 19.1 Å². The number of thioether (sulfide) groups is 1. The Morgan fingerprint density at radius 1 is 1.09 bits per heavy atom. The largest absolute Gasteiger partial charge is 0.457 e. The van der Waals surface area contributed by atoms with E-state index in [1.807, 2.05) is 31.2 Å². The predicted molar refractivity (Wildman–Crippen MR) is 131 cm³/mol. The first-order chi connectivity index (χ1) is 16.1. The number of rotatable bonds is 10. The molecule has 2 heterocycles. The monoisotopic (exact) mass is 482 g/mol. The molecule has 2 aromatic carbocycles. The van der Waals surface area contributed by atoms with Gasteiger partial charge in [-0.2, -0.15) is 11.8 Å². The zero-order chi connectivity index (χ0) is 23.0. The van der Waals surface area contributed by atoms with Crippen molar-refractivity contribution in [1.29, 1.82) is 0 Å². The molecule has 0 radical (unpaired) electrons. The summed E-state index contributed by atoms with van der Waals surface area (Å²) in [4.78, 5) is 22.6. The molecule has 10 heteroatoms. The molecule has 170 valence electrons. The minimum atomic E-state index is -0.267. The fraction of sp³-hybridized carbons (Fsp3) is 0.217. The van der Waals surface area contributed by atoms with Crippen molar-refractivity contribution >= 4 is 29.3 Å². The molecule has 0 aliphatic carbocycles. The molecule has 0 unspecified atom stereocenters. The van der Waals surface area contributed by atoms with Crippen molar-refractivity contribution in [1.82, 2.24) is 25.1 Å². The lowest BCUT2D eigenvalue weighted by molar-refractivity contribution is 0.482. The summed E-state index contributed by atoms with van der Waals surface area (Å²) in [7, 11) is 0. The summed E-state index contributed by atoms with van der Waals surface area (Å²) in [6.45, 7) is 2.66. The number of hydrogen-bond acceptors (Lipinski definition) is 7. The topological polar surface area (TPSA) is 109 Å². The second-order valence-electron chi connectivity index (χ2n) is 7.28. The third-order valence-corrected chi connectivity index (χ3v) is 6.02. The van der Waals surface area contributed by atoms with Crippen LogP contribution in [0.25, 0.3) is 0 Å². The van der Waals surface area contributed by atoms with Gasteiger partial charge in [0.05, 0.1) is 12.0 Å². The van der Waals surface area contributed by atoms with Gasteiger partial charge in [0, 0.05) is 35.2 Å². The van der Waals surface area contributed by atoms with E-state index < -0.39 is 0 Å². The number of hydrogen-bond donors (Lipinski definition) is 3. The normalized spacial score (nSPS) is 10.8. The van der Waals surface area contributed by atoms with Crippen molar-refractivity contribution in [3.63, 3.8) is 0 Å². The summed E-state index contributed by atoms with van der Waals surface area (Å²) < 4.78 is 5.86. The number of H-pyrrole nitrogens is 2. The highest BCUT2D eigenvalue weighted by atomic mass is 35.5. The SMILES string of the molecule is Cc1[nH]cnc1CSCCNc1nnc(Cc2cccc(Oc3ccc(Cl)cc3)c2)c(=O)[nH]1. The van der Waals surface area contributed by atoms with E-state index in [0.717, 1.165) is 28.5 Å². The molecule has 0 fully saturated rings. The van der Waals surface area contributed by atoms with Gasteiger partial charge in [0.15, 0.2) is 0 Å². The maximum atomic E-state index is 12.5. The Balaban J connectivity index is 1.29. The molecule has 0 aliphatic rings. The molecule has 33 heavy (non-hydrogen) atoms. The average molecular weight is 483 g/mol. The van der Waals surface area contributed by atoms with Crippen LogP contribution in [0.4, 0.5) is 5.95 Å². The Morgan fingerprint density at radius 3 is 2.70 bits per heavy atom. The minimum Gasteiger partial charge on any atom is -0.457 e. The standard InChI is InChI=1S/C23H23ClN6O2S/c1-15-21(27-14-26-15)13-33-10-9-25-23-28-22(31)20(29-30-23)12-16-3-2-4-19(11-16)32-18-7-5-17(24)6-8-18/h2-8,11,14H,9-10,12-13H2,1H3,(H,26,27)(H2,25,28,30,31). The van der Waals surface area contributed by atoms with Gasteiger partial charge in [-0.05, 0) is 48.9 Å². The lowest BCUT2D eigenvalue weighted by Crippen LogP contribution is -2.20. The van der Waals surface area contributed by atoms with Crippen molar-refractivity contribution in [2.75, 3.05) is 17.6 Å². The third kappa shape index (κ3) is 6.59. The molecule has 0 aliphatic heterocycles. The molecule has 8 nitrogen and oxygen atoms in total. The number of aromatic amines is 2. The van der Waals surface area contributed by atoms with Gasteiger partial charge in [-0.1, -0.05) is 23.7 Å². The Bertz CT molecular complexity index is 1260. The first-order valence-electron chi connectivity index (χ1n) is 10.4. The van der Waals surface area contributed by atoms with E-state index in [2.05, 4.69) is 30.5 Å². The van der Waals surface area contributed by atoms with Gasteiger partial charge in [-0.25, -0.2) is 4.98 Å². The molecule has 0 saturated carbocycles. The van der Waals surface area contributed by atoms with Crippen molar-refractivity contribution in [3.8, 4) is 11.5 Å². The van der Waals surface area contributed by atoms with Gasteiger partial charge in [0.1, 0.15) is 17.2 Å². The molecule has 4 rings (SSSR count).